The van der Waals surface area contributed by atoms with E-state index in [4.69, 9.17) is 0 Å². The lowest BCUT2D eigenvalue weighted by molar-refractivity contribution is 0.133. The normalized spacial score (nSPS) is 13.8. The molecule has 1 atom stereocenters. The van der Waals surface area contributed by atoms with Crippen LogP contribution >= 0.6 is 15.9 Å². The van der Waals surface area contributed by atoms with E-state index in [2.05, 4.69) is 21.2 Å². The first-order valence-corrected chi connectivity index (χ1v) is 7.57. The fourth-order valence-corrected chi connectivity index (χ4v) is 2.41. The van der Waals surface area contributed by atoms with Gasteiger partial charge >= 0.3 is 0 Å². The van der Waals surface area contributed by atoms with Crippen LogP contribution in [-0.2, 0) is 0 Å². The smallest absolute Gasteiger partial charge is 0.145 e. The number of likely N-dealkylation sites (N-methyl/N-ethyl adjacent to an activating group) is 1. The molecule has 0 heterocycles. The van der Waals surface area contributed by atoms with Crippen molar-refractivity contribution in [2.24, 2.45) is 0 Å². The maximum absolute atomic E-state index is 14.4. The Kier molecular flexibility index (Phi) is 6.10. The molecule has 1 unspecified atom stereocenters. The van der Waals surface area contributed by atoms with Crippen molar-refractivity contribution in [3.05, 3.63) is 33.8 Å². The maximum atomic E-state index is 14.4. The quantitative estimate of drug-likeness (QED) is 0.778. The molecule has 114 valence electrons. The van der Waals surface area contributed by atoms with Gasteiger partial charge in [-0.05, 0) is 69.0 Å². The zero-order chi connectivity index (χ0) is 15.5. The van der Waals surface area contributed by atoms with Gasteiger partial charge < -0.3 is 10.2 Å². The Hall–Kier alpha value is -0.520. The maximum Gasteiger partial charge on any atom is 0.145 e. The average molecular weight is 349 g/mol. The number of nitrogens with one attached hydrogen (secondary N) is 1. The van der Waals surface area contributed by atoms with Crippen LogP contribution in [0.1, 0.15) is 38.8 Å². The van der Waals surface area contributed by atoms with Crippen LogP contribution in [0, 0.1) is 11.6 Å². The van der Waals surface area contributed by atoms with Gasteiger partial charge in [-0.1, -0.05) is 6.92 Å². The predicted octanol–water partition coefficient (Wildman–Crippen LogP) is 4.11. The summed E-state index contributed by atoms with van der Waals surface area (Å²) < 4.78 is 28.9. The molecule has 1 aromatic carbocycles. The van der Waals surface area contributed by atoms with Crippen LogP contribution in [0.15, 0.2) is 16.6 Å². The van der Waals surface area contributed by atoms with Gasteiger partial charge in [0.2, 0.25) is 0 Å². The van der Waals surface area contributed by atoms with Crippen LogP contribution in [0.2, 0.25) is 0 Å². The number of benzene rings is 1. The summed E-state index contributed by atoms with van der Waals surface area (Å²) in [6.07, 6.45) is 0.900. The van der Waals surface area contributed by atoms with Crippen molar-refractivity contribution in [1.29, 1.82) is 0 Å². The first kappa shape index (κ1) is 17.5. The van der Waals surface area contributed by atoms with E-state index >= 15 is 0 Å². The molecular weight excluding hydrogens is 326 g/mol. The van der Waals surface area contributed by atoms with E-state index in [9.17, 15) is 8.78 Å². The zero-order valence-electron chi connectivity index (χ0n) is 12.7. The molecule has 0 saturated heterocycles. The summed E-state index contributed by atoms with van der Waals surface area (Å²) in [6, 6.07) is 2.26. The molecule has 1 aromatic rings. The van der Waals surface area contributed by atoms with Gasteiger partial charge in [0.25, 0.3) is 0 Å². The Bertz CT molecular complexity index is 461. The summed E-state index contributed by atoms with van der Waals surface area (Å²) >= 11 is 3.14. The number of hydrogen-bond acceptors (Lipinski definition) is 2. The van der Waals surface area contributed by atoms with Gasteiger partial charge in [-0.2, -0.15) is 0 Å². The van der Waals surface area contributed by atoms with Crippen molar-refractivity contribution in [2.45, 2.75) is 38.8 Å². The Balaban J connectivity index is 3.35. The molecule has 20 heavy (non-hydrogen) atoms. The molecule has 0 aliphatic carbocycles. The second kappa shape index (κ2) is 6.96. The van der Waals surface area contributed by atoms with Crippen LogP contribution in [0.5, 0.6) is 0 Å². The molecule has 1 N–H and O–H groups in total. The van der Waals surface area contributed by atoms with Crippen LogP contribution in [0.4, 0.5) is 8.78 Å². The van der Waals surface area contributed by atoms with E-state index in [1.54, 1.807) is 0 Å². The average Bonchev–Trinajstić information content (AvgIpc) is 2.37. The van der Waals surface area contributed by atoms with Gasteiger partial charge in [0.15, 0.2) is 0 Å². The van der Waals surface area contributed by atoms with Crippen molar-refractivity contribution in [3.8, 4) is 0 Å². The molecule has 0 amide bonds. The molecule has 0 saturated carbocycles. The van der Waals surface area contributed by atoms with E-state index in [0.29, 0.717) is 6.54 Å². The van der Waals surface area contributed by atoms with Gasteiger partial charge in [-0.15, -0.1) is 0 Å². The van der Waals surface area contributed by atoms with Gasteiger partial charge in [0, 0.05) is 11.1 Å². The topological polar surface area (TPSA) is 15.3 Å². The fourth-order valence-electron chi connectivity index (χ4n) is 2.06. The van der Waals surface area contributed by atoms with E-state index in [1.165, 1.54) is 12.1 Å². The molecule has 0 aliphatic rings. The highest BCUT2D eigenvalue weighted by atomic mass is 79.9. The molecule has 0 spiro atoms. The number of hydrogen-bond donors (Lipinski definition) is 1. The molecular formula is C15H23BrF2N2. The lowest BCUT2D eigenvalue weighted by Crippen LogP contribution is -2.50. The van der Waals surface area contributed by atoms with Crippen molar-refractivity contribution < 1.29 is 8.78 Å². The first-order chi connectivity index (χ1) is 9.23. The Morgan fingerprint density at radius 3 is 2.40 bits per heavy atom. The summed E-state index contributed by atoms with van der Waals surface area (Å²) in [5.41, 5.74) is -0.344. The van der Waals surface area contributed by atoms with Crippen LogP contribution < -0.4 is 5.32 Å². The van der Waals surface area contributed by atoms with Crippen molar-refractivity contribution >= 4 is 15.9 Å². The molecule has 1 rings (SSSR count). The van der Waals surface area contributed by atoms with E-state index in [1.807, 2.05) is 39.8 Å². The van der Waals surface area contributed by atoms with Crippen molar-refractivity contribution in [1.82, 2.24) is 10.2 Å². The highest BCUT2D eigenvalue weighted by Crippen LogP contribution is 2.35. The Morgan fingerprint density at radius 2 is 1.90 bits per heavy atom. The predicted molar refractivity (Wildman–Crippen MR) is 82.9 cm³/mol. The summed E-state index contributed by atoms with van der Waals surface area (Å²) in [5, 5.41) is 3.27. The molecule has 0 aliphatic heterocycles. The Morgan fingerprint density at radius 1 is 1.30 bits per heavy atom. The third kappa shape index (κ3) is 3.57. The lowest BCUT2D eigenvalue weighted by atomic mass is 9.86. The van der Waals surface area contributed by atoms with Crippen LogP contribution in [0.3, 0.4) is 0 Å². The second-order valence-electron chi connectivity index (χ2n) is 5.69. The minimum Gasteiger partial charge on any atom is -0.308 e. The van der Waals surface area contributed by atoms with Gasteiger partial charge in [-0.3, -0.25) is 0 Å². The highest BCUT2D eigenvalue weighted by Gasteiger charge is 2.36. The fraction of sp³-hybridized carbons (Fsp3) is 0.600. The summed E-state index contributed by atoms with van der Waals surface area (Å²) in [6.45, 7) is 6.67. The molecule has 0 radical (unpaired) electrons. The number of rotatable bonds is 6. The summed E-state index contributed by atoms with van der Waals surface area (Å²) in [4.78, 5) is 1.97. The van der Waals surface area contributed by atoms with Crippen LogP contribution in [0.25, 0.3) is 0 Å². The minimum atomic E-state index is -0.534. The first-order valence-electron chi connectivity index (χ1n) is 6.77. The Labute approximate surface area is 128 Å². The van der Waals surface area contributed by atoms with E-state index in [0.717, 1.165) is 6.42 Å². The third-order valence-corrected chi connectivity index (χ3v) is 4.44. The highest BCUT2D eigenvalue weighted by molar-refractivity contribution is 9.10. The van der Waals surface area contributed by atoms with Crippen LogP contribution in [-0.4, -0.2) is 31.1 Å². The van der Waals surface area contributed by atoms with E-state index in [-0.39, 0.29) is 10.0 Å². The largest absolute Gasteiger partial charge is 0.308 e. The lowest BCUT2D eigenvalue weighted by Gasteiger charge is -2.41. The SMILES string of the molecule is CCCNC(c1c(F)ccc(Br)c1F)C(C)(C)N(C)C. The summed E-state index contributed by atoms with van der Waals surface area (Å²) in [7, 11) is 3.82. The molecule has 2 nitrogen and oxygen atoms in total. The summed E-state index contributed by atoms with van der Waals surface area (Å²) in [5.74, 6) is -1.05. The zero-order valence-corrected chi connectivity index (χ0v) is 14.3. The molecule has 0 fully saturated rings. The third-order valence-electron chi connectivity index (χ3n) is 3.83. The number of halogens is 3. The van der Waals surface area contributed by atoms with Gasteiger partial charge in [0.05, 0.1) is 10.5 Å². The second-order valence-corrected chi connectivity index (χ2v) is 6.55. The van der Waals surface area contributed by atoms with Crippen molar-refractivity contribution in [2.75, 3.05) is 20.6 Å². The van der Waals surface area contributed by atoms with Gasteiger partial charge in [0.1, 0.15) is 11.6 Å². The monoisotopic (exact) mass is 348 g/mol. The molecule has 0 aromatic heterocycles. The molecule has 5 heteroatoms. The van der Waals surface area contributed by atoms with Gasteiger partial charge in [-0.25, -0.2) is 8.78 Å². The minimum absolute atomic E-state index is 0.0894. The standard InChI is InChI=1S/C15H23BrF2N2/c1-6-9-19-14(15(2,3)20(4)5)12-11(17)8-7-10(16)13(12)18/h7-8,14,19H,6,9H2,1-5H3. The number of nitrogens with zero attached hydrogens (tertiary/aromatic N) is 1. The van der Waals surface area contributed by atoms with Crippen molar-refractivity contribution in [3.63, 3.8) is 0 Å². The molecule has 0 bridgehead atoms. The van der Waals surface area contributed by atoms with E-state index < -0.39 is 23.2 Å².